The highest BCUT2D eigenvalue weighted by Crippen LogP contribution is 2.35. The lowest BCUT2D eigenvalue weighted by molar-refractivity contribution is -0.146. The van der Waals surface area contributed by atoms with Gasteiger partial charge in [0.1, 0.15) is 0 Å². The zero-order valence-corrected chi connectivity index (χ0v) is 15.1. The van der Waals surface area contributed by atoms with Crippen LogP contribution in [-0.2, 0) is 15.8 Å². The molecule has 1 aliphatic carbocycles. The number of carbonyl (C=O) groups excluding carboxylic acids is 2. The summed E-state index contributed by atoms with van der Waals surface area (Å²) in [5, 5.41) is 3.31. The number of anilines is 1. The maximum Gasteiger partial charge on any atom is 0.416 e. The number of nitrogens with zero attached hydrogens (tertiary/aromatic N) is 3. The summed E-state index contributed by atoms with van der Waals surface area (Å²) in [7, 11) is 0. The Labute approximate surface area is 157 Å². The molecule has 2 aliphatic rings. The third-order valence-corrected chi connectivity index (χ3v) is 5.75. The molecule has 27 heavy (non-hydrogen) atoms. The van der Waals surface area contributed by atoms with E-state index in [1.807, 2.05) is 4.90 Å². The van der Waals surface area contributed by atoms with Crippen LogP contribution in [0.15, 0.2) is 18.2 Å². The number of hydrogen-bond donors (Lipinski definition) is 1. The van der Waals surface area contributed by atoms with Gasteiger partial charge in [-0.2, -0.15) is 13.2 Å². The SMILES string of the molecule is O=C(NC1CC1)C(=O)N1CCN(c2nc3cc(C(F)(F)F)ccc3s2)CC1. The Morgan fingerprint density at radius 2 is 1.85 bits per heavy atom. The number of fused-ring (bicyclic) bond motifs is 1. The number of aromatic nitrogens is 1. The van der Waals surface area contributed by atoms with Crippen molar-refractivity contribution in [3.63, 3.8) is 0 Å². The number of alkyl halides is 3. The molecule has 0 atom stereocenters. The van der Waals surface area contributed by atoms with E-state index >= 15 is 0 Å². The lowest BCUT2D eigenvalue weighted by Crippen LogP contribution is -2.53. The molecule has 1 N–H and O–H groups in total. The van der Waals surface area contributed by atoms with Crippen LogP contribution in [0, 0.1) is 0 Å². The number of hydrogen-bond acceptors (Lipinski definition) is 5. The van der Waals surface area contributed by atoms with Gasteiger partial charge in [0.25, 0.3) is 0 Å². The number of rotatable bonds is 2. The molecule has 2 heterocycles. The Balaban J connectivity index is 1.41. The van der Waals surface area contributed by atoms with E-state index in [0.29, 0.717) is 41.5 Å². The average molecular weight is 398 g/mol. The van der Waals surface area contributed by atoms with Crippen LogP contribution in [0.25, 0.3) is 10.2 Å². The quantitative estimate of drug-likeness (QED) is 0.788. The van der Waals surface area contributed by atoms with Gasteiger partial charge in [0.15, 0.2) is 5.13 Å². The molecule has 2 amide bonds. The molecule has 10 heteroatoms. The topological polar surface area (TPSA) is 65.5 Å². The van der Waals surface area contributed by atoms with Gasteiger partial charge < -0.3 is 15.1 Å². The Kier molecular flexibility index (Phi) is 4.45. The first-order valence-electron chi connectivity index (χ1n) is 8.64. The van der Waals surface area contributed by atoms with Crippen molar-refractivity contribution in [3.8, 4) is 0 Å². The number of nitrogens with one attached hydrogen (secondary N) is 1. The first-order chi connectivity index (χ1) is 12.8. The first-order valence-corrected chi connectivity index (χ1v) is 9.45. The van der Waals surface area contributed by atoms with Gasteiger partial charge in [-0.1, -0.05) is 11.3 Å². The summed E-state index contributed by atoms with van der Waals surface area (Å²) in [4.78, 5) is 31.8. The maximum absolute atomic E-state index is 12.8. The molecular weight excluding hydrogens is 381 g/mol. The van der Waals surface area contributed by atoms with Gasteiger partial charge >= 0.3 is 18.0 Å². The van der Waals surface area contributed by atoms with Gasteiger partial charge in [-0.15, -0.1) is 0 Å². The molecule has 1 aliphatic heterocycles. The number of benzene rings is 1. The highest BCUT2D eigenvalue weighted by molar-refractivity contribution is 7.22. The smallest absolute Gasteiger partial charge is 0.345 e. The number of piperazine rings is 1. The van der Waals surface area contributed by atoms with E-state index < -0.39 is 23.6 Å². The zero-order valence-electron chi connectivity index (χ0n) is 14.3. The van der Waals surface area contributed by atoms with Crippen LogP contribution >= 0.6 is 11.3 Å². The van der Waals surface area contributed by atoms with Crippen molar-refractivity contribution in [2.45, 2.75) is 25.1 Å². The minimum atomic E-state index is -4.40. The van der Waals surface area contributed by atoms with E-state index in [0.717, 1.165) is 25.0 Å². The zero-order chi connectivity index (χ0) is 19.2. The van der Waals surface area contributed by atoms with E-state index in [1.54, 1.807) is 0 Å². The molecule has 0 radical (unpaired) electrons. The van der Waals surface area contributed by atoms with Gasteiger partial charge in [-0.3, -0.25) is 9.59 Å². The predicted octanol–water partition coefficient (Wildman–Crippen LogP) is 2.24. The third kappa shape index (κ3) is 3.85. The molecule has 0 bridgehead atoms. The highest BCUT2D eigenvalue weighted by Gasteiger charge is 2.32. The van der Waals surface area contributed by atoms with Crippen LogP contribution in [0.4, 0.5) is 18.3 Å². The summed E-state index contributed by atoms with van der Waals surface area (Å²) in [6, 6.07) is 3.67. The fourth-order valence-corrected chi connectivity index (χ4v) is 3.94. The van der Waals surface area contributed by atoms with E-state index in [2.05, 4.69) is 10.3 Å². The Bertz CT molecular complexity index is 886. The van der Waals surface area contributed by atoms with Crippen molar-refractivity contribution in [3.05, 3.63) is 23.8 Å². The molecule has 6 nitrogen and oxygen atoms in total. The second-order valence-electron chi connectivity index (χ2n) is 6.70. The third-order valence-electron chi connectivity index (χ3n) is 4.65. The summed E-state index contributed by atoms with van der Waals surface area (Å²) in [6.45, 7) is 1.71. The first kappa shape index (κ1) is 18.0. The van der Waals surface area contributed by atoms with E-state index in [1.165, 1.54) is 22.3 Å². The van der Waals surface area contributed by atoms with Gasteiger partial charge in [0, 0.05) is 32.2 Å². The van der Waals surface area contributed by atoms with Crippen molar-refractivity contribution in [2.24, 2.45) is 0 Å². The fourth-order valence-electron chi connectivity index (χ4n) is 2.95. The van der Waals surface area contributed by atoms with Gasteiger partial charge in [-0.25, -0.2) is 4.98 Å². The van der Waals surface area contributed by atoms with E-state index in [9.17, 15) is 22.8 Å². The fraction of sp³-hybridized carbons (Fsp3) is 0.471. The average Bonchev–Trinajstić information content (AvgIpc) is 3.34. The lowest BCUT2D eigenvalue weighted by atomic mass is 10.2. The summed E-state index contributed by atoms with van der Waals surface area (Å²) in [5.74, 6) is -1.09. The monoisotopic (exact) mass is 398 g/mol. The Hall–Kier alpha value is -2.36. The van der Waals surface area contributed by atoms with Crippen molar-refractivity contribution < 1.29 is 22.8 Å². The van der Waals surface area contributed by atoms with Crippen LogP contribution in [-0.4, -0.2) is 53.9 Å². The molecule has 4 rings (SSSR count). The molecule has 1 aromatic heterocycles. The summed E-state index contributed by atoms with van der Waals surface area (Å²) < 4.78 is 39.2. The maximum atomic E-state index is 12.8. The van der Waals surface area contributed by atoms with Crippen molar-refractivity contribution in [2.75, 3.05) is 31.1 Å². The van der Waals surface area contributed by atoms with Crippen LogP contribution in [0.5, 0.6) is 0 Å². The molecule has 2 aromatic rings. The lowest BCUT2D eigenvalue weighted by Gasteiger charge is -2.34. The minimum absolute atomic E-state index is 0.132. The molecule has 1 aromatic carbocycles. The number of carbonyl (C=O) groups is 2. The second kappa shape index (κ2) is 6.66. The van der Waals surface area contributed by atoms with Gasteiger partial charge in [-0.05, 0) is 31.0 Å². The normalized spacial score (nSPS) is 18.0. The minimum Gasteiger partial charge on any atom is -0.345 e. The molecule has 0 spiro atoms. The predicted molar refractivity (Wildman–Crippen MR) is 94.6 cm³/mol. The molecule has 2 fully saturated rings. The Morgan fingerprint density at radius 3 is 2.48 bits per heavy atom. The highest BCUT2D eigenvalue weighted by atomic mass is 32.1. The molecule has 1 saturated carbocycles. The standard InChI is InChI=1S/C17H17F3N4O2S/c18-17(19,20)10-1-4-13-12(9-10)22-16(27-13)24-7-5-23(6-8-24)15(26)14(25)21-11-2-3-11/h1,4,9,11H,2-3,5-8H2,(H,21,25). The van der Waals surface area contributed by atoms with Gasteiger partial charge in [0.05, 0.1) is 15.8 Å². The molecule has 144 valence electrons. The van der Waals surface area contributed by atoms with Crippen molar-refractivity contribution >= 4 is 38.5 Å². The molecular formula is C17H17F3N4O2S. The van der Waals surface area contributed by atoms with Gasteiger partial charge in [0.2, 0.25) is 0 Å². The number of amides is 2. The van der Waals surface area contributed by atoms with Crippen LogP contribution in [0.3, 0.4) is 0 Å². The van der Waals surface area contributed by atoms with Crippen molar-refractivity contribution in [1.82, 2.24) is 15.2 Å². The van der Waals surface area contributed by atoms with Crippen LogP contribution in [0.1, 0.15) is 18.4 Å². The number of thiazole rings is 1. The number of halogens is 3. The second-order valence-corrected chi connectivity index (χ2v) is 7.71. The molecule has 1 saturated heterocycles. The van der Waals surface area contributed by atoms with Crippen molar-refractivity contribution in [1.29, 1.82) is 0 Å². The Morgan fingerprint density at radius 1 is 1.15 bits per heavy atom. The van der Waals surface area contributed by atoms with Crippen LogP contribution < -0.4 is 10.2 Å². The van der Waals surface area contributed by atoms with E-state index in [4.69, 9.17) is 0 Å². The summed E-state index contributed by atoms with van der Waals surface area (Å²) in [5.41, 5.74) is -0.406. The molecule has 0 unspecified atom stereocenters. The largest absolute Gasteiger partial charge is 0.416 e. The summed E-state index contributed by atoms with van der Waals surface area (Å²) >= 11 is 1.32. The van der Waals surface area contributed by atoms with E-state index in [-0.39, 0.29) is 6.04 Å². The summed E-state index contributed by atoms with van der Waals surface area (Å²) in [6.07, 6.45) is -2.56. The van der Waals surface area contributed by atoms with Crippen LogP contribution in [0.2, 0.25) is 0 Å².